The summed E-state index contributed by atoms with van der Waals surface area (Å²) in [6, 6.07) is 18.0. The maximum atomic E-state index is 12.7. The van der Waals surface area contributed by atoms with Gasteiger partial charge in [0.25, 0.3) is 5.91 Å². The molecular weight excluding hydrogens is 396 g/mol. The van der Waals surface area contributed by atoms with E-state index in [4.69, 9.17) is 0 Å². The Bertz CT molecular complexity index is 1010. The molecular formula is C24H25ClN4O. The first-order chi connectivity index (χ1) is 14.3. The van der Waals surface area contributed by atoms with Gasteiger partial charge in [0.15, 0.2) is 5.82 Å². The molecule has 3 aromatic rings. The number of amides is 1. The Morgan fingerprint density at radius 3 is 2.50 bits per heavy atom. The van der Waals surface area contributed by atoms with E-state index in [9.17, 15) is 4.79 Å². The number of rotatable bonds is 7. The van der Waals surface area contributed by atoms with Crippen molar-refractivity contribution in [3.8, 4) is 11.4 Å². The van der Waals surface area contributed by atoms with Gasteiger partial charge in [-0.15, -0.1) is 12.4 Å². The molecule has 5 nitrogen and oxygen atoms in total. The molecule has 0 radical (unpaired) electrons. The van der Waals surface area contributed by atoms with Gasteiger partial charge in [0, 0.05) is 41.2 Å². The van der Waals surface area contributed by atoms with Crippen LogP contribution in [0.15, 0.2) is 67.0 Å². The summed E-state index contributed by atoms with van der Waals surface area (Å²) in [5.74, 6) is 2.01. The third kappa shape index (κ3) is 4.86. The van der Waals surface area contributed by atoms with Gasteiger partial charge < -0.3 is 10.6 Å². The summed E-state index contributed by atoms with van der Waals surface area (Å²) in [4.78, 5) is 21.2. The molecule has 0 spiro atoms. The van der Waals surface area contributed by atoms with Gasteiger partial charge in [-0.05, 0) is 67.6 Å². The lowest BCUT2D eigenvalue weighted by atomic mass is 10.1. The van der Waals surface area contributed by atoms with Gasteiger partial charge in [0.05, 0.1) is 0 Å². The number of hydrogen-bond donors (Lipinski definition) is 2. The zero-order chi connectivity index (χ0) is 19.6. The molecule has 154 valence electrons. The zero-order valence-electron chi connectivity index (χ0n) is 16.6. The van der Waals surface area contributed by atoms with Crippen LogP contribution in [0.1, 0.15) is 41.1 Å². The lowest BCUT2D eigenvalue weighted by Gasteiger charge is -2.08. The van der Waals surface area contributed by atoms with Crippen molar-refractivity contribution in [3.05, 3.63) is 78.1 Å². The van der Waals surface area contributed by atoms with E-state index in [1.807, 2.05) is 30.3 Å². The molecule has 2 atom stereocenters. The van der Waals surface area contributed by atoms with E-state index in [1.54, 1.807) is 24.5 Å². The fourth-order valence-electron chi connectivity index (χ4n) is 3.69. The minimum Gasteiger partial charge on any atom is -0.322 e. The van der Waals surface area contributed by atoms with Gasteiger partial charge in [-0.3, -0.25) is 4.79 Å². The first-order valence-corrected chi connectivity index (χ1v) is 10.3. The average molecular weight is 421 g/mol. The number of aromatic nitrogens is 2. The zero-order valence-corrected chi connectivity index (χ0v) is 17.4. The smallest absolute Gasteiger partial charge is 0.255 e. The molecule has 0 aliphatic heterocycles. The third-order valence-electron chi connectivity index (χ3n) is 5.70. The monoisotopic (exact) mass is 420 g/mol. The van der Waals surface area contributed by atoms with Gasteiger partial charge in [0.1, 0.15) is 0 Å². The highest BCUT2D eigenvalue weighted by molar-refractivity contribution is 6.04. The molecule has 0 bridgehead atoms. The minimum absolute atomic E-state index is 0. The number of halogens is 1. The minimum atomic E-state index is -0.133. The lowest BCUT2D eigenvalue weighted by Crippen LogP contribution is -2.20. The largest absolute Gasteiger partial charge is 0.322 e. The van der Waals surface area contributed by atoms with Crippen molar-refractivity contribution in [1.29, 1.82) is 0 Å². The summed E-state index contributed by atoms with van der Waals surface area (Å²) < 4.78 is 0. The van der Waals surface area contributed by atoms with Crippen molar-refractivity contribution >= 4 is 24.0 Å². The molecule has 2 aliphatic carbocycles. The summed E-state index contributed by atoms with van der Waals surface area (Å²) >= 11 is 0. The lowest BCUT2D eigenvalue weighted by molar-refractivity contribution is 0.102. The molecule has 1 heterocycles. The van der Waals surface area contributed by atoms with Crippen molar-refractivity contribution < 1.29 is 4.79 Å². The van der Waals surface area contributed by atoms with E-state index in [1.165, 1.54) is 31.4 Å². The molecule has 2 aromatic carbocycles. The highest BCUT2D eigenvalue weighted by Crippen LogP contribution is 2.41. The summed E-state index contributed by atoms with van der Waals surface area (Å²) in [5, 5.41) is 6.66. The Labute approximate surface area is 182 Å². The van der Waals surface area contributed by atoms with Crippen molar-refractivity contribution in [2.45, 2.75) is 31.2 Å². The van der Waals surface area contributed by atoms with Crippen LogP contribution in [0.25, 0.3) is 11.4 Å². The van der Waals surface area contributed by atoms with Gasteiger partial charge in [0.2, 0.25) is 0 Å². The number of nitrogens with zero attached hydrogens (tertiary/aromatic N) is 2. The summed E-state index contributed by atoms with van der Waals surface area (Å²) in [5.41, 5.74) is 3.57. The van der Waals surface area contributed by atoms with E-state index in [0.29, 0.717) is 23.3 Å². The van der Waals surface area contributed by atoms with Crippen LogP contribution < -0.4 is 10.6 Å². The topological polar surface area (TPSA) is 66.9 Å². The highest BCUT2D eigenvalue weighted by Gasteiger charge is 2.38. The molecule has 6 heteroatoms. The number of benzene rings is 2. The maximum Gasteiger partial charge on any atom is 0.255 e. The van der Waals surface area contributed by atoms with Crippen LogP contribution in [0.3, 0.4) is 0 Å². The van der Waals surface area contributed by atoms with Crippen LogP contribution in [0.5, 0.6) is 0 Å². The van der Waals surface area contributed by atoms with Crippen molar-refractivity contribution in [3.63, 3.8) is 0 Å². The summed E-state index contributed by atoms with van der Waals surface area (Å²) in [7, 11) is 0. The van der Waals surface area contributed by atoms with Crippen molar-refractivity contribution in [1.82, 2.24) is 15.3 Å². The number of hydrogen-bond acceptors (Lipinski definition) is 4. The fourth-order valence-corrected chi connectivity index (χ4v) is 3.69. The van der Waals surface area contributed by atoms with E-state index in [0.717, 1.165) is 17.2 Å². The number of carbonyl (C=O) groups excluding carboxylic acids is 1. The predicted molar refractivity (Wildman–Crippen MR) is 121 cm³/mol. The van der Waals surface area contributed by atoms with Crippen LogP contribution in [0.4, 0.5) is 5.69 Å². The molecule has 2 saturated carbocycles. The van der Waals surface area contributed by atoms with Crippen molar-refractivity contribution in [2.24, 2.45) is 5.92 Å². The third-order valence-corrected chi connectivity index (χ3v) is 5.70. The van der Waals surface area contributed by atoms with Crippen molar-refractivity contribution in [2.75, 3.05) is 11.9 Å². The molecule has 1 aromatic heterocycles. The Morgan fingerprint density at radius 2 is 1.77 bits per heavy atom. The number of carbonyl (C=O) groups is 1. The predicted octanol–water partition coefficient (Wildman–Crippen LogP) is 4.67. The van der Waals surface area contributed by atoms with Gasteiger partial charge in [-0.25, -0.2) is 9.97 Å². The van der Waals surface area contributed by atoms with Gasteiger partial charge in [-0.1, -0.05) is 24.3 Å². The standard InChI is InChI=1S/C24H24N4O.ClH/c29-24(19-4-1-3-18(13-19)23-25-11-2-12-26-23)28-20-9-7-17(8-10-20)21-14-22(21)27-15-16-5-6-16;/h1-4,7-13,16,21-22,27H,5-6,14-15H2,(H,28,29);1H. The highest BCUT2D eigenvalue weighted by atomic mass is 35.5. The van der Waals surface area contributed by atoms with E-state index < -0.39 is 0 Å². The molecule has 1 amide bonds. The van der Waals surface area contributed by atoms with E-state index in [-0.39, 0.29) is 18.3 Å². The SMILES string of the molecule is Cl.O=C(Nc1ccc(C2CC2NCC2CC2)cc1)c1cccc(-c2ncccn2)c1. The van der Waals surface area contributed by atoms with E-state index in [2.05, 4.69) is 32.7 Å². The van der Waals surface area contributed by atoms with Gasteiger partial charge >= 0.3 is 0 Å². The summed E-state index contributed by atoms with van der Waals surface area (Å²) in [6.45, 7) is 1.17. The second kappa shape index (κ2) is 8.94. The van der Waals surface area contributed by atoms with Crippen LogP contribution >= 0.6 is 12.4 Å². The second-order valence-corrected chi connectivity index (χ2v) is 8.03. The fraction of sp³-hybridized carbons (Fsp3) is 0.292. The second-order valence-electron chi connectivity index (χ2n) is 8.03. The van der Waals surface area contributed by atoms with Crippen LogP contribution in [0, 0.1) is 5.92 Å². The molecule has 2 unspecified atom stereocenters. The molecule has 2 N–H and O–H groups in total. The quantitative estimate of drug-likeness (QED) is 0.582. The Kier molecular flexibility index (Phi) is 6.11. The van der Waals surface area contributed by atoms with Crippen LogP contribution in [0.2, 0.25) is 0 Å². The average Bonchev–Trinajstić information content (AvgIpc) is 3.69. The van der Waals surface area contributed by atoms with Crippen LogP contribution in [-0.4, -0.2) is 28.5 Å². The van der Waals surface area contributed by atoms with Gasteiger partial charge in [-0.2, -0.15) is 0 Å². The molecule has 5 rings (SSSR count). The van der Waals surface area contributed by atoms with E-state index >= 15 is 0 Å². The molecule has 0 saturated heterocycles. The maximum absolute atomic E-state index is 12.7. The number of nitrogens with one attached hydrogen (secondary N) is 2. The Hall–Kier alpha value is -2.76. The summed E-state index contributed by atoms with van der Waals surface area (Å²) in [6.07, 6.45) is 7.39. The first-order valence-electron chi connectivity index (χ1n) is 10.3. The first kappa shape index (κ1) is 20.5. The molecule has 2 fully saturated rings. The Balaban J connectivity index is 0.00000218. The normalized spacial score (nSPS) is 19.6. The molecule has 2 aliphatic rings. The molecule has 30 heavy (non-hydrogen) atoms. The number of anilines is 1. The Morgan fingerprint density at radius 1 is 1.00 bits per heavy atom. The van der Waals surface area contributed by atoms with Crippen LogP contribution in [-0.2, 0) is 0 Å².